The lowest BCUT2D eigenvalue weighted by molar-refractivity contribution is -0.164. The average Bonchev–Trinajstić information content (AvgIpc) is 2.52. The van der Waals surface area contributed by atoms with E-state index in [1.54, 1.807) is 6.92 Å². The van der Waals surface area contributed by atoms with E-state index in [-0.39, 0.29) is 19.1 Å². The molecule has 0 saturated carbocycles. The normalized spacial score (nSPS) is 20.0. The molecule has 1 amide bonds. The van der Waals surface area contributed by atoms with Gasteiger partial charge in [0.15, 0.2) is 6.04 Å². The van der Waals surface area contributed by atoms with Crippen LogP contribution in [0.4, 0.5) is 0 Å². The van der Waals surface area contributed by atoms with Gasteiger partial charge in [0.2, 0.25) is 0 Å². The monoisotopic (exact) mass is 293 g/mol. The first-order valence-electron chi connectivity index (χ1n) is 6.86. The predicted molar refractivity (Wildman–Crippen MR) is 74.6 cm³/mol. The van der Waals surface area contributed by atoms with Crippen molar-refractivity contribution in [3.63, 3.8) is 0 Å². The van der Waals surface area contributed by atoms with Crippen molar-refractivity contribution in [1.82, 2.24) is 4.90 Å². The minimum absolute atomic E-state index is 0.0203. The van der Waals surface area contributed by atoms with Gasteiger partial charge in [-0.2, -0.15) is 0 Å². The van der Waals surface area contributed by atoms with Crippen LogP contribution >= 0.6 is 0 Å². The Kier molecular flexibility index (Phi) is 5.30. The molecule has 1 fully saturated rings. The van der Waals surface area contributed by atoms with E-state index in [0.717, 1.165) is 5.56 Å². The topological polar surface area (TPSA) is 76.1 Å². The molecule has 6 nitrogen and oxygen atoms in total. The fourth-order valence-corrected chi connectivity index (χ4v) is 2.17. The van der Waals surface area contributed by atoms with E-state index < -0.39 is 18.1 Å². The van der Waals surface area contributed by atoms with Crippen LogP contribution in [0.1, 0.15) is 12.5 Å². The van der Waals surface area contributed by atoms with Crippen molar-refractivity contribution in [2.24, 2.45) is 0 Å². The third-order valence-corrected chi connectivity index (χ3v) is 3.39. The highest BCUT2D eigenvalue weighted by Gasteiger charge is 2.35. The van der Waals surface area contributed by atoms with Gasteiger partial charge >= 0.3 is 5.97 Å². The number of hydrogen-bond acceptors (Lipinski definition) is 4. The largest absolute Gasteiger partial charge is 0.480 e. The molecule has 2 atom stereocenters. The van der Waals surface area contributed by atoms with Crippen molar-refractivity contribution >= 4 is 11.9 Å². The molecule has 0 aliphatic carbocycles. The number of carboxylic acids is 1. The Hall–Kier alpha value is -1.92. The van der Waals surface area contributed by atoms with E-state index in [1.807, 2.05) is 30.3 Å². The maximum Gasteiger partial charge on any atom is 0.328 e. The molecule has 2 rings (SSSR count). The van der Waals surface area contributed by atoms with Gasteiger partial charge in [-0.05, 0) is 12.5 Å². The van der Waals surface area contributed by atoms with E-state index in [4.69, 9.17) is 14.6 Å². The van der Waals surface area contributed by atoms with Gasteiger partial charge in [0.25, 0.3) is 5.91 Å². The molecule has 0 bridgehead atoms. The van der Waals surface area contributed by atoms with Gasteiger partial charge in [-0.15, -0.1) is 0 Å². The summed E-state index contributed by atoms with van der Waals surface area (Å²) in [5.74, 6) is -1.38. The van der Waals surface area contributed by atoms with Crippen LogP contribution in [0, 0.1) is 0 Å². The summed E-state index contributed by atoms with van der Waals surface area (Å²) < 4.78 is 10.7. The van der Waals surface area contributed by atoms with Crippen molar-refractivity contribution in [1.29, 1.82) is 0 Å². The predicted octanol–water partition coefficient (Wildman–Crippen LogP) is 0.904. The van der Waals surface area contributed by atoms with Crippen molar-refractivity contribution in [2.75, 3.05) is 19.8 Å². The summed E-state index contributed by atoms with van der Waals surface area (Å²) in [6.07, 6.45) is -0.690. The fraction of sp³-hybridized carbons (Fsp3) is 0.467. The van der Waals surface area contributed by atoms with Gasteiger partial charge in [0, 0.05) is 6.54 Å². The Morgan fingerprint density at radius 2 is 2.14 bits per heavy atom. The van der Waals surface area contributed by atoms with E-state index in [2.05, 4.69) is 0 Å². The summed E-state index contributed by atoms with van der Waals surface area (Å²) >= 11 is 0. The van der Waals surface area contributed by atoms with Crippen LogP contribution in [0.2, 0.25) is 0 Å². The van der Waals surface area contributed by atoms with Crippen LogP contribution < -0.4 is 0 Å². The third kappa shape index (κ3) is 4.03. The molecular weight excluding hydrogens is 274 g/mol. The van der Waals surface area contributed by atoms with Crippen LogP contribution in [0.5, 0.6) is 0 Å². The van der Waals surface area contributed by atoms with Crippen LogP contribution in [0.25, 0.3) is 0 Å². The van der Waals surface area contributed by atoms with Crippen LogP contribution in [-0.2, 0) is 25.7 Å². The third-order valence-electron chi connectivity index (χ3n) is 3.39. The molecule has 114 valence electrons. The molecule has 0 spiro atoms. The van der Waals surface area contributed by atoms with Gasteiger partial charge in [-0.3, -0.25) is 4.79 Å². The van der Waals surface area contributed by atoms with Crippen molar-refractivity contribution in [3.8, 4) is 0 Å². The van der Waals surface area contributed by atoms with Crippen LogP contribution in [0.15, 0.2) is 30.3 Å². The summed E-state index contributed by atoms with van der Waals surface area (Å²) in [5.41, 5.74) is 0.967. The lowest BCUT2D eigenvalue weighted by Gasteiger charge is -2.34. The Balaban J connectivity index is 1.93. The van der Waals surface area contributed by atoms with Gasteiger partial charge in [-0.25, -0.2) is 4.79 Å². The number of benzene rings is 1. The molecule has 1 N–H and O–H groups in total. The summed E-state index contributed by atoms with van der Waals surface area (Å²) in [7, 11) is 0. The molecule has 1 aromatic carbocycles. The molecule has 21 heavy (non-hydrogen) atoms. The number of morpholine rings is 1. The standard InChI is InChI=1S/C15H19NO5/c1-11(21-9-12-5-3-2-4-6-12)14(17)16-7-8-20-10-13(16)15(18)19/h2-6,11,13H,7-10H2,1H3,(H,18,19)/t11-,13+/m1/s1. The second kappa shape index (κ2) is 7.19. The molecule has 1 saturated heterocycles. The summed E-state index contributed by atoms with van der Waals surface area (Å²) in [6, 6.07) is 8.58. The zero-order valence-electron chi connectivity index (χ0n) is 11.9. The minimum atomic E-state index is -1.06. The zero-order chi connectivity index (χ0) is 15.2. The smallest absolute Gasteiger partial charge is 0.328 e. The molecule has 1 aliphatic rings. The first kappa shape index (κ1) is 15.5. The Morgan fingerprint density at radius 1 is 1.43 bits per heavy atom. The van der Waals surface area contributed by atoms with Gasteiger partial charge in [-0.1, -0.05) is 30.3 Å². The highest BCUT2D eigenvalue weighted by atomic mass is 16.5. The average molecular weight is 293 g/mol. The number of amides is 1. The first-order chi connectivity index (χ1) is 10.1. The highest BCUT2D eigenvalue weighted by Crippen LogP contribution is 2.12. The number of nitrogens with zero attached hydrogens (tertiary/aromatic N) is 1. The molecule has 1 aliphatic heterocycles. The minimum Gasteiger partial charge on any atom is -0.480 e. The Morgan fingerprint density at radius 3 is 2.81 bits per heavy atom. The number of carboxylic acid groups (broad SMARTS) is 1. The van der Waals surface area contributed by atoms with Crippen LogP contribution in [0.3, 0.4) is 0 Å². The molecule has 0 unspecified atom stereocenters. The molecule has 0 radical (unpaired) electrons. The van der Waals surface area contributed by atoms with Crippen molar-refractivity contribution in [2.45, 2.75) is 25.7 Å². The number of hydrogen-bond donors (Lipinski definition) is 1. The number of aliphatic carboxylic acids is 1. The molecule has 6 heteroatoms. The number of ether oxygens (including phenoxy) is 2. The van der Waals surface area contributed by atoms with E-state index in [0.29, 0.717) is 13.2 Å². The maximum absolute atomic E-state index is 12.3. The van der Waals surface area contributed by atoms with E-state index >= 15 is 0 Å². The molecule has 1 heterocycles. The number of carbonyl (C=O) groups is 2. The summed E-state index contributed by atoms with van der Waals surface area (Å²) in [5, 5.41) is 9.13. The molecular formula is C15H19NO5. The fourth-order valence-electron chi connectivity index (χ4n) is 2.17. The number of rotatable bonds is 5. The highest BCUT2D eigenvalue weighted by molar-refractivity contribution is 5.86. The quantitative estimate of drug-likeness (QED) is 0.873. The lowest BCUT2D eigenvalue weighted by Crippen LogP contribution is -2.55. The summed E-state index contributed by atoms with van der Waals surface area (Å²) in [6.45, 7) is 2.59. The van der Waals surface area contributed by atoms with Gasteiger partial charge in [0.05, 0.1) is 19.8 Å². The second-order valence-electron chi connectivity index (χ2n) is 4.90. The lowest BCUT2D eigenvalue weighted by atomic mass is 10.2. The Labute approximate surface area is 123 Å². The van der Waals surface area contributed by atoms with Gasteiger partial charge in [0.1, 0.15) is 6.10 Å². The number of carbonyl (C=O) groups excluding carboxylic acids is 1. The summed E-state index contributed by atoms with van der Waals surface area (Å²) in [4.78, 5) is 24.8. The second-order valence-corrected chi connectivity index (χ2v) is 4.90. The van der Waals surface area contributed by atoms with E-state index in [9.17, 15) is 9.59 Å². The maximum atomic E-state index is 12.3. The Bertz CT molecular complexity index is 490. The van der Waals surface area contributed by atoms with Gasteiger partial charge < -0.3 is 19.5 Å². The van der Waals surface area contributed by atoms with Crippen LogP contribution in [-0.4, -0.2) is 53.8 Å². The van der Waals surface area contributed by atoms with Crippen molar-refractivity contribution < 1.29 is 24.2 Å². The zero-order valence-corrected chi connectivity index (χ0v) is 11.9. The van der Waals surface area contributed by atoms with E-state index in [1.165, 1.54) is 4.90 Å². The molecule has 1 aromatic rings. The SMILES string of the molecule is C[C@@H](OCc1ccccc1)C(=O)N1CCOC[C@H]1C(=O)O. The molecule has 0 aromatic heterocycles. The first-order valence-corrected chi connectivity index (χ1v) is 6.86. The van der Waals surface area contributed by atoms with Crippen molar-refractivity contribution in [3.05, 3.63) is 35.9 Å².